The molecule has 1 aromatic heterocycles. The molecule has 0 amide bonds. The minimum atomic E-state index is -1.04. The molecule has 5 nitrogen and oxygen atoms in total. The average Bonchev–Trinajstić information content (AvgIpc) is 2.34. The summed E-state index contributed by atoms with van der Waals surface area (Å²) in [6.45, 7) is 1.81. The number of carboxylic acids is 1. The van der Waals surface area contributed by atoms with Crippen molar-refractivity contribution in [1.82, 2.24) is 10.2 Å². The van der Waals surface area contributed by atoms with Crippen molar-refractivity contribution >= 4 is 17.6 Å². The van der Waals surface area contributed by atoms with Crippen LogP contribution in [0.25, 0.3) is 0 Å². The fraction of sp³-hybridized carbons (Fsp3) is 0.0833. The molecule has 2 rings (SSSR count). The van der Waals surface area contributed by atoms with Gasteiger partial charge >= 0.3 is 5.97 Å². The van der Waals surface area contributed by atoms with E-state index in [0.717, 1.165) is 5.69 Å². The number of nitrogens with zero attached hydrogens (tertiary/aromatic N) is 2. The normalized spacial score (nSPS) is 10.1. The van der Waals surface area contributed by atoms with Crippen molar-refractivity contribution in [2.45, 2.75) is 6.92 Å². The minimum absolute atomic E-state index is 0.0994. The summed E-state index contributed by atoms with van der Waals surface area (Å²) >= 11 is 5.92. The molecule has 2 aromatic rings. The van der Waals surface area contributed by atoms with Gasteiger partial charge in [-0.1, -0.05) is 11.6 Å². The van der Waals surface area contributed by atoms with Gasteiger partial charge in [-0.05, 0) is 31.2 Å². The van der Waals surface area contributed by atoms with Crippen LogP contribution in [-0.2, 0) is 0 Å². The molecule has 1 heterocycles. The van der Waals surface area contributed by atoms with Crippen molar-refractivity contribution in [2.75, 3.05) is 0 Å². The third-order valence-electron chi connectivity index (χ3n) is 2.17. The van der Waals surface area contributed by atoms with Crippen molar-refractivity contribution in [2.24, 2.45) is 0 Å². The topological polar surface area (TPSA) is 72.3 Å². The predicted octanol–water partition coefficient (Wildman–Crippen LogP) is 2.93. The van der Waals surface area contributed by atoms with Crippen LogP contribution < -0.4 is 4.74 Å². The van der Waals surface area contributed by atoms with E-state index < -0.39 is 5.97 Å². The highest BCUT2D eigenvalue weighted by atomic mass is 35.5. The predicted molar refractivity (Wildman–Crippen MR) is 65.3 cm³/mol. The molecule has 0 spiro atoms. The maximum Gasteiger partial charge on any atom is 0.335 e. The van der Waals surface area contributed by atoms with Gasteiger partial charge in [-0.2, -0.15) is 5.10 Å². The molecule has 0 atom stereocenters. The van der Waals surface area contributed by atoms with Gasteiger partial charge in [-0.15, -0.1) is 5.10 Å². The molecule has 0 saturated heterocycles. The average molecular weight is 265 g/mol. The molecule has 0 fully saturated rings. The van der Waals surface area contributed by atoms with Gasteiger partial charge < -0.3 is 9.84 Å². The van der Waals surface area contributed by atoms with Crippen molar-refractivity contribution in [3.05, 3.63) is 46.6 Å². The Morgan fingerprint density at radius 1 is 1.28 bits per heavy atom. The first-order chi connectivity index (χ1) is 8.56. The summed E-state index contributed by atoms with van der Waals surface area (Å²) in [6, 6.07) is 7.62. The molecule has 0 aliphatic rings. The van der Waals surface area contributed by atoms with E-state index >= 15 is 0 Å². The van der Waals surface area contributed by atoms with E-state index in [9.17, 15) is 4.79 Å². The van der Waals surface area contributed by atoms with E-state index in [2.05, 4.69) is 10.2 Å². The molecule has 0 saturated carbocycles. The van der Waals surface area contributed by atoms with E-state index in [1.54, 1.807) is 12.1 Å². The highest BCUT2D eigenvalue weighted by Crippen LogP contribution is 2.29. The SMILES string of the molecule is Cc1ccc(Oc2ccc(C(=O)O)cc2Cl)nn1. The lowest BCUT2D eigenvalue weighted by Gasteiger charge is -2.06. The molecule has 0 radical (unpaired) electrons. The Kier molecular flexibility index (Phi) is 3.43. The molecule has 6 heteroatoms. The van der Waals surface area contributed by atoms with Crippen molar-refractivity contribution in [3.8, 4) is 11.6 Å². The molecule has 18 heavy (non-hydrogen) atoms. The van der Waals surface area contributed by atoms with E-state index in [1.165, 1.54) is 18.2 Å². The second-order valence-corrected chi connectivity index (χ2v) is 3.97. The summed E-state index contributed by atoms with van der Waals surface area (Å²) in [5.74, 6) is -0.413. The molecule has 0 bridgehead atoms. The standard InChI is InChI=1S/C12H9ClN2O3/c1-7-2-5-11(15-14-7)18-10-4-3-8(12(16)17)6-9(10)13/h2-6H,1H3,(H,16,17). The van der Waals surface area contributed by atoms with E-state index in [4.69, 9.17) is 21.4 Å². The van der Waals surface area contributed by atoms with E-state index in [0.29, 0.717) is 11.6 Å². The minimum Gasteiger partial charge on any atom is -0.478 e. The summed E-state index contributed by atoms with van der Waals surface area (Å²) in [4.78, 5) is 10.7. The zero-order valence-corrected chi connectivity index (χ0v) is 10.2. The number of aryl methyl sites for hydroxylation is 1. The Morgan fingerprint density at radius 3 is 2.61 bits per heavy atom. The summed E-state index contributed by atoms with van der Waals surface area (Å²) in [5.41, 5.74) is 0.872. The number of halogens is 1. The Bertz CT molecular complexity index is 584. The number of hydrogen-bond acceptors (Lipinski definition) is 4. The second-order valence-electron chi connectivity index (χ2n) is 3.57. The van der Waals surface area contributed by atoms with Gasteiger partial charge in [0, 0.05) is 6.07 Å². The smallest absolute Gasteiger partial charge is 0.335 e. The van der Waals surface area contributed by atoms with Gasteiger partial charge in [0.2, 0.25) is 5.88 Å². The number of aromatic nitrogens is 2. The van der Waals surface area contributed by atoms with Gasteiger partial charge in [0.1, 0.15) is 5.75 Å². The summed E-state index contributed by atoms with van der Waals surface area (Å²) in [6.07, 6.45) is 0. The van der Waals surface area contributed by atoms with Crippen LogP contribution in [0.15, 0.2) is 30.3 Å². The Labute approximate surface area is 108 Å². The summed E-state index contributed by atoms with van der Waals surface area (Å²) in [7, 11) is 0. The highest BCUT2D eigenvalue weighted by molar-refractivity contribution is 6.32. The Hall–Kier alpha value is -2.14. The summed E-state index contributed by atoms with van der Waals surface area (Å²) < 4.78 is 5.40. The van der Waals surface area contributed by atoms with Gasteiger partial charge in [0.25, 0.3) is 0 Å². The van der Waals surface area contributed by atoms with Crippen LogP contribution in [0.3, 0.4) is 0 Å². The first kappa shape index (κ1) is 12.3. The Balaban J connectivity index is 2.24. The lowest BCUT2D eigenvalue weighted by atomic mass is 10.2. The highest BCUT2D eigenvalue weighted by Gasteiger charge is 2.09. The molecular weight excluding hydrogens is 256 g/mol. The summed E-state index contributed by atoms with van der Waals surface area (Å²) in [5, 5.41) is 16.7. The molecule has 0 unspecified atom stereocenters. The first-order valence-corrected chi connectivity index (χ1v) is 5.45. The first-order valence-electron chi connectivity index (χ1n) is 5.07. The number of rotatable bonds is 3. The molecule has 1 aromatic carbocycles. The largest absolute Gasteiger partial charge is 0.478 e. The zero-order chi connectivity index (χ0) is 13.1. The quantitative estimate of drug-likeness (QED) is 0.923. The van der Waals surface area contributed by atoms with Crippen LogP contribution >= 0.6 is 11.6 Å². The van der Waals surface area contributed by atoms with Crippen LogP contribution in [0.1, 0.15) is 16.1 Å². The van der Waals surface area contributed by atoms with Crippen molar-refractivity contribution in [3.63, 3.8) is 0 Å². The third kappa shape index (κ3) is 2.75. The Morgan fingerprint density at radius 2 is 2.06 bits per heavy atom. The lowest BCUT2D eigenvalue weighted by Crippen LogP contribution is -1.97. The van der Waals surface area contributed by atoms with Gasteiger partial charge in [-0.3, -0.25) is 0 Å². The fourth-order valence-corrected chi connectivity index (χ4v) is 1.49. The number of hydrogen-bond donors (Lipinski definition) is 1. The number of benzene rings is 1. The zero-order valence-electron chi connectivity index (χ0n) is 9.42. The van der Waals surface area contributed by atoms with Gasteiger partial charge in [0.15, 0.2) is 0 Å². The van der Waals surface area contributed by atoms with Crippen LogP contribution in [0.4, 0.5) is 0 Å². The maximum absolute atomic E-state index is 10.7. The van der Waals surface area contributed by atoms with E-state index in [-0.39, 0.29) is 10.6 Å². The number of carboxylic acid groups (broad SMARTS) is 1. The molecule has 0 aliphatic carbocycles. The monoisotopic (exact) mass is 264 g/mol. The third-order valence-corrected chi connectivity index (χ3v) is 2.46. The lowest BCUT2D eigenvalue weighted by molar-refractivity contribution is 0.0697. The molecule has 92 valence electrons. The van der Waals surface area contributed by atoms with Crippen LogP contribution in [-0.4, -0.2) is 21.3 Å². The maximum atomic E-state index is 10.7. The molecule has 0 aliphatic heterocycles. The number of ether oxygens (including phenoxy) is 1. The van der Waals surface area contributed by atoms with Crippen LogP contribution in [0.5, 0.6) is 11.6 Å². The van der Waals surface area contributed by atoms with Gasteiger partial charge in [-0.25, -0.2) is 4.79 Å². The van der Waals surface area contributed by atoms with Crippen LogP contribution in [0, 0.1) is 6.92 Å². The number of carbonyl (C=O) groups is 1. The molecular formula is C12H9ClN2O3. The molecule has 1 N–H and O–H groups in total. The van der Waals surface area contributed by atoms with Crippen molar-refractivity contribution < 1.29 is 14.6 Å². The number of aromatic carboxylic acids is 1. The second kappa shape index (κ2) is 5.01. The van der Waals surface area contributed by atoms with Crippen molar-refractivity contribution in [1.29, 1.82) is 0 Å². The van der Waals surface area contributed by atoms with Gasteiger partial charge in [0.05, 0.1) is 16.3 Å². The van der Waals surface area contributed by atoms with Crippen LogP contribution in [0.2, 0.25) is 5.02 Å². The van der Waals surface area contributed by atoms with E-state index in [1.807, 2.05) is 6.92 Å². The fourth-order valence-electron chi connectivity index (χ4n) is 1.27.